The van der Waals surface area contributed by atoms with Gasteiger partial charge in [-0.1, -0.05) is 61.7 Å². The van der Waals surface area contributed by atoms with Crippen LogP contribution in [0.15, 0.2) is 84.9 Å². The number of H-pyrrole nitrogens is 1. The zero-order valence-corrected chi connectivity index (χ0v) is 22.6. The third-order valence-electron chi connectivity index (χ3n) is 7.67. The molecule has 2 aliphatic rings. The van der Waals surface area contributed by atoms with Crippen molar-refractivity contribution in [3.8, 4) is 22.8 Å². The van der Waals surface area contributed by atoms with Crippen LogP contribution in [-0.2, 0) is 4.79 Å². The molecule has 2 heterocycles. The summed E-state index contributed by atoms with van der Waals surface area (Å²) >= 11 is 0. The molecule has 0 unspecified atom stereocenters. The Balaban J connectivity index is 1.44. The van der Waals surface area contributed by atoms with Gasteiger partial charge >= 0.3 is 0 Å². The second-order valence-corrected chi connectivity index (χ2v) is 10.5. The minimum atomic E-state index is -1.06. The van der Waals surface area contributed by atoms with E-state index >= 15 is 0 Å². The van der Waals surface area contributed by atoms with E-state index in [0.717, 1.165) is 43.4 Å². The van der Waals surface area contributed by atoms with Crippen LogP contribution in [0.5, 0.6) is 11.5 Å². The van der Waals surface area contributed by atoms with Gasteiger partial charge < -0.3 is 19.8 Å². The van der Waals surface area contributed by atoms with Crippen LogP contribution in [0.25, 0.3) is 11.3 Å². The number of carbonyl (C=O) groups is 2. The molecule has 2 N–H and O–H groups in total. The van der Waals surface area contributed by atoms with Crippen LogP contribution >= 0.6 is 0 Å². The molecule has 1 atom stereocenters. The summed E-state index contributed by atoms with van der Waals surface area (Å²) in [5.41, 5.74) is 2.99. The van der Waals surface area contributed by atoms with Crippen molar-refractivity contribution in [2.45, 2.75) is 44.2 Å². The minimum Gasteiger partial charge on any atom is -0.486 e. The van der Waals surface area contributed by atoms with E-state index in [9.17, 15) is 14.0 Å². The number of ether oxygens (including phenoxy) is 2. The number of amides is 2. The number of hydrogen-bond donors (Lipinski definition) is 2. The van der Waals surface area contributed by atoms with Crippen molar-refractivity contribution >= 4 is 17.5 Å². The van der Waals surface area contributed by atoms with Crippen molar-refractivity contribution in [2.24, 2.45) is 0 Å². The van der Waals surface area contributed by atoms with Crippen LogP contribution in [-0.4, -0.2) is 36.1 Å². The number of aromatic amines is 1. The zero-order chi connectivity index (χ0) is 28.2. The molecule has 1 aliphatic heterocycles. The normalized spacial score (nSPS) is 15.6. The summed E-state index contributed by atoms with van der Waals surface area (Å²) in [7, 11) is 0. The van der Waals surface area contributed by atoms with E-state index in [-0.39, 0.29) is 11.9 Å². The van der Waals surface area contributed by atoms with Gasteiger partial charge in [0.05, 0.1) is 0 Å². The number of benzene rings is 3. The van der Waals surface area contributed by atoms with Gasteiger partial charge in [0.1, 0.15) is 30.8 Å². The van der Waals surface area contributed by atoms with E-state index in [2.05, 4.69) is 10.3 Å². The molecule has 1 fully saturated rings. The molecular weight excluding hydrogens is 521 g/mol. The quantitative estimate of drug-likeness (QED) is 0.276. The topological polar surface area (TPSA) is 83.7 Å². The number of aromatic nitrogens is 1. The molecule has 0 saturated heterocycles. The van der Waals surface area contributed by atoms with Gasteiger partial charge in [-0.15, -0.1) is 0 Å². The highest BCUT2D eigenvalue weighted by Crippen LogP contribution is 2.38. The van der Waals surface area contributed by atoms with Crippen LogP contribution in [0.4, 0.5) is 10.1 Å². The smallest absolute Gasteiger partial charge is 0.275 e. The summed E-state index contributed by atoms with van der Waals surface area (Å²) in [6.07, 6.45) is 5.00. The van der Waals surface area contributed by atoms with E-state index in [0.29, 0.717) is 41.7 Å². The summed E-state index contributed by atoms with van der Waals surface area (Å²) < 4.78 is 25.5. The van der Waals surface area contributed by atoms with Gasteiger partial charge in [-0.25, -0.2) is 4.39 Å². The molecule has 0 spiro atoms. The van der Waals surface area contributed by atoms with E-state index in [4.69, 9.17) is 9.47 Å². The summed E-state index contributed by atoms with van der Waals surface area (Å²) in [6.45, 7) is 0.812. The fraction of sp³-hybridized carbons (Fsp3) is 0.273. The molecule has 41 heavy (non-hydrogen) atoms. The van der Waals surface area contributed by atoms with E-state index in [1.165, 1.54) is 17.0 Å². The maximum Gasteiger partial charge on any atom is 0.275 e. The number of fused-ring (bicyclic) bond motifs is 1. The van der Waals surface area contributed by atoms with Crippen LogP contribution in [0.2, 0.25) is 0 Å². The Morgan fingerprint density at radius 1 is 0.854 bits per heavy atom. The third kappa shape index (κ3) is 5.82. The first-order valence-electron chi connectivity index (χ1n) is 14.1. The summed E-state index contributed by atoms with van der Waals surface area (Å²) in [6, 6.07) is 23.2. The highest BCUT2D eigenvalue weighted by Gasteiger charge is 2.36. The predicted molar refractivity (Wildman–Crippen MR) is 155 cm³/mol. The number of halogens is 1. The highest BCUT2D eigenvalue weighted by molar-refractivity contribution is 6.09. The summed E-state index contributed by atoms with van der Waals surface area (Å²) in [5.74, 6) is -0.0787. The lowest BCUT2D eigenvalue weighted by Crippen LogP contribution is -2.47. The van der Waals surface area contributed by atoms with Gasteiger partial charge in [-0.2, -0.15) is 0 Å². The average molecular weight is 554 g/mol. The average Bonchev–Trinajstić information content (AvgIpc) is 3.51. The fourth-order valence-corrected chi connectivity index (χ4v) is 5.59. The van der Waals surface area contributed by atoms with Gasteiger partial charge in [0, 0.05) is 23.5 Å². The van der Waals surface area contributed by atoms with Crippen LogP contribution < -0.4 is 19.7 Å². The molecule has 210 valence electrons. The molecule has 7 nitrogen and oxygen atoms in total. The Morgan fingerprint density at radius 2 is 1.59 bits per heavy atom. The SMILES string of the molecule is O=C(NC1CCCCC1)[C@@H](c1ccc(F)cc1)N(C(=O)c1ccc(-c2ccccc2)[nH]1)c1ccc2c(c1)OCCO2. The first kappa shape index (κ1) is 26.6. The first-order chi connectivity index (χ1) is 20.1. The molecule has 1 aliphatic carbocycles. The molecule has 1 aromatic heterocycles. The summed E-state index contributed by atoms with van der Waals surface area (Å²) in [5, 5.41) is 3.19. The lowest BCUT2D eigenvalue weighted by Gasteiger charge is -2.34. The second kappa shape index (κ2) is 11.9. The van der Waals surface area contributed by atoms with E-state index in [1.807, 2.05) is 36.4 Å². The predicted octanol–water partition coefficient (Wildman–Crippen LogP) is 6.43. The monoisotopic (exact) mass is 553 g/mol. The molecule has 6 rings (SSSR count). The van der Waals surface area contributed by atoms with E-state index in [1.54, 1.807) is 36.4 Å². The lowest BCUT2D eigenvalue weighted by atomic mass is 9.94. The number of anilines is 1. The number of rotatable bonds is 7. The minimum absolute atomic E-state index is 0.0200. The fourth-order valence-electron chi connectivity index (χ4n) is 5.59. The van der Waals surface area contributed by atoms with Crippen molar-refractivity contribution in [3.63, 3.8) is 0 Å². The van der Waals surface area contributed by atoms with Crippen LogP contribution in [0.3, 0.4) is 0 Å². The van der Waals surface area contributed by atoms with Crippen LogP contribution in [0, 0.1) is 5.82 Å². The van der Waals surface area contributed by atoms with Gasteiger partial charge in [0.25, 0.3) is 5.91 Å². The Morgan fingerprint density at radius 3 is 2.34 bits per heavy atom. The number of hydrogen-bond acceptors (Lipinski definition) is 4. The molecular formula is C33H32FN3O4. The Kier molecular flexibility index (Phi) is 7.71. The van der Waals surface area contributed by atoms with Crippen molar-refractivity contribution in [3.05, 3.63) is 102 Å². The third-order valence-corrected chi connectivity index (χ3v) is 7.67. The number of nitrogens with one attached hydrogen (secondary N) is 2. The molecule has 0 radical (unpaired) electrons. The van der Waals surface area contributed by atoms with Gasteiger partial charge in [0.15, 0.2) is 11.5 Å². The maximum atomic E-state index is 14.4. The Labute approximate surface area is 238 Å². The Hall–Kier alpha value is -4.59. The Bertz CT molecular complexity index is 1510. The van der Waals surface area contributed by atoms with Gasteiger partial charge in [-0.05, 0) is 60.4 Å². The lowest BCUT2D eigenvalue weighted by molar-refractivity contribution is -0.123. The molecule has 3 aromatic carbocycles. The van der Waals surface area contributed by atoms with Crippen molar-refractivity contribution in [2.75, 3.05) is 18.1 Å². The standard InChI is InChI=1S/C33H32FN3O4/c34-24-13-11-23(12-14-24)31(32(38)35-25-9-5-2-6-10-25)37(26-15-18-29-30(21-26)41-20-19-40-29)33(39)28-17-16-27(36-28)22-7-3-1-4-8-22/h1,3-4,7-8,11-18,21,25,31,36H,2,5-6,9-10,19-20H2,(H,35,38)/t31-/m1/s1. The van der Waals surface area contributed by atoms with E-state index < -0.39 is 17.8 Å². The molecule has 0 bridgehead atoms. The highest BCUT2D eigenvalue weighted by atomic mass is 19.1. The number of carbonyl (C=O) groups excluding carboxylic acids is 2. The van der Waals surface area contributed by atoms with Crippen molar-refractivity contribution in [1.82, 2.24) is 10.3 Å². The first-order valence-corrected chi connectivity index (χ1v) is 14.1. The van der Waals surface area contributed by atoms with Gasteiger partial charge in [-0.3, -0.25) is 14.5 Å². The van der Waals surface area contributed by atoms with Crippen molar-refractivity contribution < 1.29 is 23.5 Å². The van der Waals surface area contributed by atoms with Crippen LogP contribution in [0.1, 0.15) is 54.2 Å². The molecule has 4 aromatic rings. The second-order valence-electron chi connectivity index (χ2n) is 10.5. The van der Waals surface area contributed by atoms with Gasteiger partial charge in [0.2, 0.25) is 5.91 Å². The largest absolute Gasteiger partial charge is 0.486 e. The maximum absolute atomic E-state index is 14.4. The zero-order valence-electron chi connectivity index (χ0n) is 22.6. The number of nitrogens with zero attached hydrogens (tertiary/aromatic N) is 1. The molecule has 2 amide bonds. The molecule has 1 saturated carbocycles. The van der Waals surface area contributed by atoms with Crippen molar-refractivity contribution in [1.29, 1.82) is 0 Å². The molecule has 8 heteroatoms. The summed E-state index contributed by atoms with van der Waals surface area (Å²) in [4.78, 5) is 33.2.